The normalized spacial score (nSPS) is 8.12. The third kappa shape index (κ3) is 3.59. The number of amides is 1. The molecule has 1 amide bonds. The molecule has 0 rings (SSSR count). The third-order valence-electron chi connectivity index (χ3n) is 0.658. The predicted octanol–water partition coefficient (Wildman–Crippen LogP) is -0.169. The van der Waals surface area contributed by atoms with Gasteiger partial charge in [-0.05, 0) is 0 Å². The molecular formula is C5H9BNO. The first kappa shape index (κ1) is 7.40. The Morgan fingerprint density at radius 3 is 2.38 bits per heavy atom. The molecule has 2 nitrogen and oxygen atoms in total. The van der Waals surface area contributed by atoms with Gasteiger partial charge in [-0.2, -0.15) is 0 Å². The van der Waals surface area contributed by atoms with Crippen LogP contribution in [0, 0.1) is 0 Å². The van der Waals surface area contributed by atoms with Gasteiger partial charge < -0.3 is 0 Å². The van der Waals surface area contributed by atoms with Crippen LogP contribution in [-0.2, 0) is 4.79 Å². The van der Waals surface area contributed by atoms with Crippen LogP contribution in [0.3, 0.4) is 0 Å². The number of rotatable bonds is 2. The molecule has 0 unspecified atom stereocenters. The molecule has 0 aromatic rings. The molecule has 43 valence electrons. The van der Waals surface area contributed by atoms with Gasteiger partial charge in [-0.3, -0.25) is 0 Å². The number of nitrogens with one attached hydrogen (secondary N) is 1. The first-order valence-corrected chi connectivity index (χ1v) is 2.55. The number of carbonyl (C=O) groups is 1. The Kier molecular flexibility index (Phi) is 3.16. The standard InChI is InChI=1S/C5H9BNO/c1-3-5(8)7-4(2)6/h3H2,1-2H3,(H,7,8). The molecule has 8 heavy (non-hydrogen) atoms. The van der Waals surface area contributed by atoms with Crippen molar-refractivity contribution in [1.82, 2.24) is 5.32 Å². The minimum atomic E-state index is -0.0370. The van der Waals surface area contributed by atoms with Gasteiger partial charge in [-0.1, -0.05) is 0 Å². The quantitative estimate of drug-likeness (QED) is 0.491. The van der Waals surface area contributed by atoms with Gasteiger partial charge in [-0.15, -0.1) is 0 Å². The van der Waals surface area contributed by atoms with Crippen molar-refractivity contribution in [2.24, 2.45) is 0 Å². The zero-order valence-electron chi connectivity index (χ0n) is 5.19. The molecule has 0 saturated carbocycles. The van der Waals surface area contributed by atoms with Gasteiger partial charge in [0.15, 0.2) is 0 Å². The fourth-order valence-corrected chi connectivity index (χ4v) is 0.308. The van der Waals surface area contributed by atoms with E-state index in [0.717, 1.165) is 0 Å². The summed E-state index contributed by atoms with van der Waals surface area (Å²) in [6.45, 7) is 3.42. The Hall–Kier alpha value is -0.595. The Morgan fingerprint density at radius 1 is 1.75 bits per heavy atom. The predicted molar refractivity (Wildman–Crippen MR) is 34.9 cm³/mol. The van der Waals surface area contributed by atoms with Crippen LogP contribution in [0.4, 0.5) is 0 Å². The second kappa shape index (κ2) is 3.41. The molecule has 0 aliphatic carbocycles. The number of hydrogen-bond acceptors (Lipinski definition) is 1. The van der Waals surface area contributed by atoms with Crippen LogP contribution < -0.4 is 5.32 Å². The molecule has 0 fully saturated rings. The molecule has 0 saturated heterocycles. The van der Waals surface area contributed by atoms with Crippen molar-refractivity contribution in [3.8, 4) is 0 Å². The average Bonchev–Trinajstić information content (AvgIpc) is 1.65. The molecule has 0 heterocycles. The van der Waals surface area contributed by atoms with Gasteiger partial charge in [0.1, 0.15) is 0 Å². The van der Waals surface area contributed by atoms with Gasteiger partial charge in [0.2, 0.25) is 0 Å². The maximum absolute atomic E-state index is 10.4. The Morgan fingerprint density at radius 2 is 2.25 bits per heavy atom. The summed E-state index contributed by atoms with van der Waals surface area (Å²) >= 11 is 0. The van der Waals surface area contributed by atoms with Gasteiger partial charge in [-0.25, -0.2) is 0 Å². The molecule has 0 aliphatic rings. The first-order valence-electron chi connectivity index (χ1n) is 2.55. The van der Waals surface area contributed by atoms with Crippen LogP contribution in [0.2, 0.25) is 0 Å². The van der Waals surface area contributed by atoms with E-state index in [2.05, 4.69) is 5.32 Å². The molecule has 1 radical (unpaired) electrons. The van der Waals surface area contributed by atoms with E-state index >= 15 is 0 Å². The van der Waals surface area contributed by atoms with Crippen LogP contribution in [0.15, 0.2) is 0 Å². The monoisotopic (exact) mass is 110 g/mol. The zero-order chi connectivity index (χ0) is 6.57. The average molecular weight is 110 g/mol. The SMILES string of the molecule is [B]=C(C)NC(=O)CC. The summed E-state index contributed by atoms with van der Waals surface area (Å²) in [5.74, 6) is -0.0370. The molecule has 0 aromatic carbocycles. The first-order chi connectivity index (χ1) is 3.66. The number of carbonyl (C=O) groups excluding carboxylic acids is 1. The van der Waals surface area contributed by atoms with Gasteiger partial charge in [0.25, 0.3) is 0 Å². The van der Waals surface area contributed by atoms with Gasteiger partial charge in [0.05, 0.1) is 0 Å². The molecule has 0 atom stereocenters. The van der Waals surface area contributed by atoms with E-state index in [-0.39, 0.29) is 5.91 Å². The molecule has 0 bridgehead atoms. The van der Waals surface area contributed by atoms with Crippen molar-refractivity contribution in [3.63, 3.8) is 0 Å². The second-order valence-corrected chi connectivity index (χ2v) is 1.58. The molecule has 0 spiro atoms. The summed E-state index contributed by atoms with van der Waals surface area (Å²) in [5.41, 5.74) is 0.455. The summed E-state index contributed by atoms with van der Waals surface area (Å²) in [5, 5.41) is 2.45. The van der Waals surface area contributed by atoms with Crippen molar-refractivity contribution in [1.29, 1.82) is 0 Å². The van der Waals surface area contributed by atoms with Crippen molar-refractivity contribution in [2.45, 2.75) is 20.3 Å². The summed E-state index contributed by atoms with van der Waals surface area (Å²) in [7, 11) is 5.15. The van der Waals surface area contributed by atoms with Crippen molar-refractivity contribution in [2.75, 3.05) is 0 Å². The molecule has 0 aromatic heterocycles. The van der Waals surface area contributed by atoms with Crippen LogP contribution >= 0.6 is 0 Å². The van der Waals surface area contributed by atoms with Crippen molar-refractivity contribution in [3.05, 3.63) is 0 Å². The summed E-state index contributed by atoms with van der Waals surface area (Å²) in [6, 6.07) is 0. The van der Waals surface area contributed by atoms with Gasteiger partial charge in [0, 0.05) is 0 Å². The molecule has 1 N–H and O–H groups in total. The number of hydrogen-bond donors (Lipinski definition) is 1. The van der Waals surface area contributed by atoms with Crippen molar-refractivity contribution >= 4 is 19.0 Å². The third-order valence-corrected chi connectivity index (χ3v) is 0.658. The fourth-order valence-electron chi connectivity index (χ4n) is 0.308. The summed E-state index contributed by atoms with van der Waals surface area (Å²) in [6.07, 6.45) is 0.481. The van der Waals surface area contributed by atoms with Crippen LogP contribution in [0.25, 0.3) is 0 Å². The molecular weight excluding hydrogens is 101 g/mol. The summed E-state index contributed by atoms with van der Waals surface area (Å²) in [4.78, 5) is 10.4. The van der Waals surface area contributed by atoms with E-state index in [1.165, 1.54) is 0 Å². The van der Waals surface area contributed by atoms with E-state index in [1.807, 2.05) is 0 Å². The maximum atomic E-state index is 10.4. The Bertz CT molecular complexity index is 111. The van der Waals surface area contributed by atoms with E-state index < -0.39 is 0 Å². The second-order valence-electron chi connectivity index (χ2n) is 1.58. The minimum absolute atomic E-state index is 0.0370. The molecule has 0 aliphatic heterocycles. The van der Waals surface area contributed by atoms with Crippen LogP contribution in [0.1, 0.15) is 20.3 Å². The van der Waals surface area contributed by atoms with Crippen LogP contribution in [0.5, 0.6) is 0 Å². The van der Waals surface area contributed by atoms with Crippen LogP contribution in [-0.4, -0.2) is 19.0 Å². The van der Waals surface area contributed by atoms with E-state index in [1.54, 1.807) is 13.8 Å². The van der Waals surface area contributed by atoms with Gasteiger partial charge >= 0.3 is 49.4 Å². The topological polar surface area (TPSA) is 29.1 Å². The van der Waals surface area contributed by atoms with E-state index in [9.17, 15) is 4.79 Å². The summed E-state index contributed by atoms with van der Waals surface area (Å²) < 4.78 is 0. The fraction of sp³-hybridized carbons (Fsp3) is 0.600. The van der Waals surface area contributed by atoms with E-state index in [4.69, 9.17) is 7.49 Å². The Balaban J connectivity index is 3.40. The Labute approximate surface area is 50.3 Å². The molecule has 3 heteroatoms. The van der Waals surface area contributed by atoms with E-state index in [0.29, 0.717) is 12.0 Å². The zero-order valence-corrected chi connectivity index (χ0v) is 5.19. The van der Waals surface area contributed by atoms with Crippen molar-refractivity contribution < 1.29 is 4.79 Å².